The van der Waals surface area contributed by atoms with Crippen molar-refractivity contribution in [2.45, 2.75) is 25.9 Å². The number of benzene rings is 2. The number of hydrogen-bond acceptors (Lipinski definition) is 6. The van der Waals surface area contributed by atoms with Gasteiger partial charge in [0.25, 0.3) is 5.91 Å². The van der Waals surface area contributed by atoms with Gasteiger partial charge in [0, 0.05) is 24.6 Å². The van der Waals surface area contributed by atoms with Crippen molar-refractivity contribution in [3.05, 3.63) is 101 Å². The zero-order valence-electron chi connectivity index (χ0n) is 19.4. The quantitative estimate of drug-likeness (QED) is 0.462. The molecule has 1 aliphatic heterocycles. The monoisotopic (exact) mass is 469 g/mol. The number of nitrogens with two attached hydrogens (primary N) is 1. The molecule has 0 unspecified atom stereocenters. The number of aryl methyl sites for hydroxylation is 1. The fraction of sp³-hybridized carbons (Fsp3) is 0.185. The van der Waals surface area contributed by atoms with E-state index in [0.717, 1.165) is 11.1 Å². The molecule has 2 N–H and O–H groups in total. The molecular weight excluding hydrogens is 445 g/mol. The van der Waals surface area contributed by atoms with Crippen molar-refractivity contribution < 1.29 is 13.9 Å². The van der Waals surface area contributed by atoms with E-state index in [-0.39, 0.29) is 11.9 Å². The highest BCUT2D eigenvalue weighted by atomic mass is 19.1. The standard InChI is InChI=1S/C27H24FN5O2/c1-16-25-22(32-27(29)30-16)14-23(33(26(25)34)15-17-7-4-3-5-8-17)19-12-11-18(28)13-20(19)21-9-6-10-24(31-21)35-2/h3-13,23H,14-15H2,1-2H3,(H2,29,30,32)/t23-/m1/s1. The highest BCUT2D eigenvalue weighted by molar-refractivity contribution is 5.98. The zero-order chi connectivity index (χ0) is 24.5. The van der Waals surface area contributed by atoms with E-state index in [0.29, 0.717) is 47.1 Å². The molecule has 176 valence electrons. The van der Waals surface area contributed by atoms with E-state index in [1.807, 2.05) is 30.3 Å². The third kappa shape index (κ3) is 4.30. The number of fused-ring (bicyclic) bond motifs is 1. The van der Waals surface area contributed by atoms with Crippen molar-refractivity contribution in [1.82, 2.24) is 19.9 Å². The van der Waals surface area contributed by atoms with Crippen LogP contribution in [0.5, 0.6) is 5.88 Å². The summed E-state index contributed by atoms with van der Waals surface area (Å²) in [7, 11) is 1.53. The van der Waals surface area contributed by atoms with Crippen LogP contribution in [-0.4, -0.2) is 32.9 Å². The Morgan fingerprint density at radius 1 is 1.06 bits per heavy atom. The summed E-state index contributed by atoms with van der Waals surface area (Å²) in [5, 5.41) is 0. The number of pyridine rings is 1. The van der Waals surface area contributed by atoms with E-state index in [4.69, 9.17) is 10.5 Å². The van der Waals surface area contributed by atoms with Crippen LogP contribution in [0.1, 0.15) is 38.9 Å². The maximum absolute atomic E-state index is 14.5. The van der Waals surface area contributed by atoms with Gasteiger partial charge in [-0.1, -0.05) is 42.5 Å². The molecule has 2 aromatic heterocycles. The number of halogens is 1. The van der Waals surface area contributed by atoms with Crippen molar-refractivity contribution in [2.75, 3.05) is 12.8 Å². The number of rotatable bonds is 5. The smallest absolute Gasteiger partial charge is 0.258 e. The second-order valence-electron chi connectivity index (χ2n) is 8.42. The second kappa shape index (κ2) is 9.13. The first-order valence-corrected chi connectivity index (χ1v) is 11.2. The molecule has 1 aliphatic rings. The van der Waals surface area contributed by atoms with Crippen LogP contribution in [0, 0.1) is 12.7 Å². The van der Waals surface area contributed by atoms with Crippen LogP contribution in [0.2, 0.25) is 0 Å². The van der Waals surface area contributed by atoms with E-state index in [2.05, 4.69) is 15.0 Å². The summed E-state index contributed by atoms with van der Waals surface area (Å²) in [5.74, 6) is -0.0439. The van der Waals surface area contributed by atoms with Crippen molar-refractivity contribution in [3.8, 4) is 17.1 Å². The van der Waals surface area contributed by atoms with E-state index in [1.165, 1.54) is 19.2 Å². The minimum absolute atomic E-state index is 0.123. The first-order valence-electron chi connectivity index (χ1n) is 11.2. The average Bonchev–Trinajstić information content (AvgIpc) is 2.86. The lowest BCUT2D eigenvalue weighted by Gasteiger charge is -2.38. The first-order chi connectivity index (χ1) is 16.9. The molecule has 0 saturated carbocycles. The van der Waals surface area contributed by atoms with Crippen LogP contribution in [0.25, 0.3) is 11.3 Å². The topological polar surface area (TPSA) is 94.2 Å². The Hall–Kier alpha value is -4.33. The van der Waals surface area contributed by atoms with Gasteiger partial charge in [-0.3, -0.25) is 4.79 Å². The lowest BCUT2D eigenvalue weighted by Crippen LogP contribution is -2.41. The van der Waals surface area contributed by atoms with E-state index in [9.17, 15) is 9.18 Å². The van der Waals surface area contributed by atoms with Crippen molar-refractivity contribution in [1.29, 1.82) is 0 Å². The molecule has 4 aromatic rings. The molecule has 3 heterocycles. The van der Waals surface area contributed by atoms with Crippen molar-refractivity contribution in [3.63, 3.8) is 0 Å². The number of nitrogens with zero attached hydrogens (tertiary/aromatic N) is 4. The second-order valence-corrected chi connectivity index (χ2v) is 8.42. The van der Waals surface area contributed by atoms with E-state index < -0.39 is 11.9 Å². The predicted octanol–water partition coefficient (Wildman–Crippen LogP) is 4.52. The zero-order valence-corrected chi connectivity index (χ0v) is 19.4. The Kier molecular flexibility index (Phi) is 5.86. The van der Waals surface area contributed by atoms with Gasteiger partial charge in [-0.25, -0.2) is 19.3 Å². The van der Waals surface area contributed by atoms with Gasteiger partial charge in [0.15, 0.2) is 0 Å². The highest BCUT2D eigenvalue weighted by Crippen LogP contribution is 2.39. The minimum atomic E-state index is -0.424. The fourth-order valence-corrected chi connectivity index (χ4v) is 4.62. The number of nitrogen functional groups attached to an aromatic ring is 1. The Labute approximate surface area is 202 Å². The number of methoxy groups -OCH3 is 1. The average molecular weight is 470 g/mol. The summed E-state index contributed by atoms with van der Waals surface area (Å²) in [6.45, 7) is 2.13. The normalized spacial score (nSPS) is 15.1. The molecule has 7 nitrogen and oxygen atoms in total. The van der Waals surface area contributed by atoms with Gasteiger partial charge < -0.3 is 15.4 Å². The van der Waals surface area contributed by atoms with Gasteiger partial charge in [-0.15, -0.1) is 0 Å². The Morgan fingerprint density at radius 2 is 1.86 bits per heavy atom. The summed E-state index contributed by atoms with van der Waals surface area (Å²) in [6.07, 6.45) is 0.407. The molecule has 35 heavy (non-hydrogen) atoms. The van der Waals surface area contributed by atoms with E-state index >= 15 is 0 Å². The Morgan fingerprint density at radius 3 is 2.63 bits per heavy atom. The van der Waals surface area contributed by atoms with Gasteiger partial charge >= 0.3 is 0 Å². The minimum Gasteiger partial charge on any atom is -0.481 e. The number of ether oxygens (including phenoxy) is 1. The molecule has 5 rings (SSSR count). The maximum atomic E-state index is 14.5. The molecular formula is C27H24FN5O2. The van der Waals surface area contributed by atoms with Gasteiger partial charge in [-0.05, 0) is 36.2 Å². The Bertz CT molecular complexity index is 1410. The van der Waals surface area contributed by atoms with Crippen LogP contribution < -0.4 is 10.5 Å². The fourth-order valence-electron chi connectivity index (χ4n) is 4.62. The van der Waals surface area contributed by atoms with Gasteiger partial charge in [0.2, 0.25) is 11.8 Å². The molecule has 0 fully saturated rings. The predicted molar refractivity (Wildman–Crippen MR) is 130 cm³/mol. The van der Waals surface area contributed by atoms with Crippen LogP contribution in [0.4, 0.5) is 10.3 Å². The van der Waals surface area contributed by atoms with Crippen molar-refractivity contribution in [2.24, 2.45) is 0 Å². The van der Waals surface area contributed by atoms with E-state index in [1.54, 1.807) is 36.1 Å². The molecule has 1 amide bonds. The highest BCUT2D eigenvalue weighted by Gasteiger charge is 2.37. The first kappa shape index (κ1) is 22.5. The van der Waals surface area contributed by atoms with Crippen molar-refractivity contribution >= 4 is 11.9 Å². The number of carbonyl (C=O) groups is 1. The molecule has 0 aliphatic carbocycles. The lowest BCUT2D eigenvalue weighted by molar-refractivity contribution is 0.0625. The van der Waals surface area contributed by atoms with Gasteiger partial charge in [0.05, 0.1) is 35.8 Å². The summed E-state index contributed by atoms with van der Waals surface area (Å²) >= 11 is 0. The Balaban J connectivity index is 1.68. The molecule has 0 spiro atoms. The largest absolute Gasteiger partial charge is 0.481 e. The van der Waals surface area contributed by atoms with Crippen LogP contribution in [0.15, 0.2) is 66.7 Å². The molecule has 0 radical (unpaired) electrons. The molecule has 0 bridgehead atoms. The number of hydrogen-bond donors (Lipinski definition) is 1. The summed E-state index contributed by atoms with van der Waals surface area (Å²) in [5.41, 5.74) is 10.4. The SMILES string of the molecule is COc1cccc(-c2cc(F)ccc2[C@H]2Cc3nc(N)nc(C)c3C(=O)N2Cc2ccccc2)n1. The molecule has 1 atom stereocenters. The number of aromatic nitrogens is 3. The summed E-state index contributed by atoms with van der Waals surface area (Å²) in [6, 6.07) is 19.2. The third-order valence-electron chi connectivity index (χ3n) is 6.20. The van der Waals surface area contributed by atoms with Gasteiger partial charge in [-0.2, -0.15) is 0 Å². The third-order valence-corrected chi connectivity index (χ3v) is 6.20. The van der Waals surface area contributed by atoms with Crippen LogP contribution in [-0.2, 0) is 13.0 Å². The summed E-state index contributed by atoms with van der Waals surface area (Å²) in [4.78, 5) is 28.8. The summed E-state index contributed by atoms with van der Waals surface area (Å²) < 4.78 is 19.8. The number of amides is 1. The van der Waals surface area contributed by atoms with Crippen LogP contribution >= 0.6 is 0 Å². The van der Waals surface area contributed by atoms with Gasteiger partial charge in [0.1, 0.15) is 5.82 Å². The molecule has 0 saturated heterocycles. The number of carbonyl (C=O) groups excluding carboxylic acids is 1. The molecule has 2 aromatic carbocycles. The number of anilines is 1. The maximum Gasteiger partial charge on any atom is 0.258 e. The van der Waals surface area contributed by atoms with Crippen LogP contribution in [0.3, 0.4) is 0 Å². The lowest BCUT2D eigenvalue weighted by atomic mass is 9.88. The molecule has 8 heteroatoms.